The summed E-state index contributed by atoms with van der Waals surface area (Å²) in [5, 5.41) is 3.39. The molecule has 18 heavy (non-hydrogen) atoms. The number of nitrogens with zero attached hydrogens (tertiary/aromatic N) is 1. The number of hydrogen-bond acceptors (Lipinski definition) is 2. The molecule has 1 aromatic carbocycles. The van der Waals surface area contributed by atoms with Crippen LogP contribution in [0.4, 0.5) is 14.5 Å². The highest BCUT2D eigenvalue weighted by Crippen LogP contribution is 2.30. The lowest BCUT2D eigenvalue weighted by atomic mass is 9.98. The monoisotopic (exact) mass is 318 g/mol. The minimum Gasteiger partial charge on any atom is -0.363 e. The molecule has 2 rings (SSSR count). The van der Waals surface area contributed by atoms with E-state index in [9.17, 15) is 8.78 Å². The van der Waals surface area contributed by atoms with Crippen LogP contribution in [0.15, 0.2) is 16.6 Å². The van der Waals surface area contributed by atoms with Gasteiger partial charge in [-0.15, -0.1) is 0 Å². The molecule has 1 unspecified atom stereocenters. The lowest BCUT2D eigenvalue weighted by Gasteiger charge is -2.44. The van der Waals surface area contributed by atoms with Crippen molar-refractivity contribution < 1.29 is 8.78 Å². The molecule has 100 valence electrons. The molecule has 0 amide bonds. The Bertz CT molecular complexity index is 463. The van der Waals surface area contributed by atoms with Crippen molar-refractivity contribution in [3.05, 3.63) is 28.2 Å². The minimum absolute atomic E-state index is 0.109. The molecule has 1 N–H and O–H groups in total. The van der Waals surface area contributed by atoms with Gasteiger partial charge < -0.3 is 10.2 Å². The lowest BCUT2D eigenvalue weighted by Crippen LogP contribution is -2.61. The van der Waals surface area contributed by atoms with Gasteiger partial charge in [0, 0.05) is 30.7 Å². The quantitative estimate of drug-likeness (QED) is 0.799. The molecule has 0 aromatic heterocycles. The Balaban J connectivity index is 2.38. The van der Waals surface area contributed by atoms with Crippen molar-refractivity contribution in [1.29, 1.82) is 0 Å². The molecule has 0 radical (unpaired) electrons. The van der Waals surface area contributed by atoms with Crippen LogP contribution in [0.1, 0.15) is 20.8 Å². The Kier molecular flexibility index (Phi) is 3.65. The van der Waals surface area contributed by atoms with Crippen LogP contribution in [0.5, 0.6) is 0 Å². The molecule has 1 fully saturated rings. The van der Waals surface area contributed by atoms with E-state index in [4.69, 9.17) is 0 Å². The first kappa shape index (κ1) is 13.7. The Morgan fingerprint density at radius 3 is 2.67 bits per heavy atom. The zero-order valence-electron chi connectivity index (χ0n) is 10.7. The van der Waals surface area contributed by atoms with E-state index in [1.54, 1.807) is 0 Å². The van der Waals surface area contributed by atoms with Crippen LogP contribution in [-0.2, 0) is 0 Å². The maximum atomic E-state index is 14.0. The molecular weight excluding hydrogens is 302 g/mol. The van der Waals surface area contributed by atoms with Gasteiger partial charge in [-0.1, -0.05) is 0 Å². The van der Waals surface area contributed by atoms with E-state index in [2.05, 4.69) is 35.1 Å². The maximum Gasteiger partial charge on any atom is 0.147 e. The molecule has 0 spiro atoms. The number of halogens is 3. The van der Waals surface area contributed by atoms with Gasteiger partial charge in [-0.3, -0.25) is 0 Å². The highest BCUT2D eigenvalue weighted by atomic mass is 79.9. The summed E-state index contributed by atoms with van der Waals surface area (Å²) in [7, 11) is 0. The summed E-state index contributed by atoms with van der Waals surface area (Å²) in [6.45, 7) is 7.51. The van der Waals surface area contributed by atoms with Gasteiger partial charge in [0.25, 0.3) is 0 Å². The van der Waals surface area contributed by atoms with E-state index in [1.807, 2.05) is 11.8 Å². The average Bonchev–Trinajstić information content (AvgIpc) is 2.27. The van der Waals surface area contributed by atoms with Gasteiger partial charge in [0.1, 0.15) is 11.6 Å². The number of piperazine rings is 1. The Morgan fingerprint density at radius 2 is 2.00 bits per heavy atom. The second kappa shape index (κ2) is 4.78. The molecule has 0 bridgehead atoms. The third kappa shape index (κ3) is 2.67. The summed E-state index contributed by atoms with van der Waals surface area (Å²) in [6.07, 6.45) is 0. The number of benzene rings is 1. The van der Waals surface area contributed by atoms with Crippen molar-refractivity contribution in [2.24, 2.45) is 0 Å². The van der Waals surface area contributed by atoms with Crippen LogP contribution in [0.3, 0.4) is 0 Å². The first-order valence-electron chi connectivity index (χ1n) is 5.96. The molecular formula is C13H17BrF2N2. The van der Waals surface area contributed by atoms with Crippen molar-refractivity contribution in [2.75, 3.05) is 18.0 Å². The molecule has 0 saturated carbocycles. The predicted octanol–water partition coefficient (Wildman–Crippen LogP) is 3.30. The van der Waals surface area contributed by atoms with E-state index in [0.29, 0.717) is 12.2 Å². The average molecular weight is 319 g/mol. The molecule has 5 heteroatoms. The second-order valence-corrected chi connectivity index (χ2v) is 6.31. The highest BCUT2D eigenvalue weighted by molar-refractivity contribution is 9.10. The fourth-order valence-corrected chi connectivity index (χ4v) is 2.54. The van der Waals surface area contributed by atoms with Gasteiger partial charge in [0.2, 0.25) is 0 Å². The maximum absolute atomic E-state index is 14.0. The van der Waals surface area contributed by atoms with Crippen LogP contribution in [0.2, 0.25) is 0 Å². The number of hydrogen-bond donors (Lipinski definition) is 1. The van der Waals surface area contributed by atoms with Crippen LogP contribution in [0, 0.1) is 11.6 Å². The molecule has 1 aliphatic heterocycles. The van der Waals surface area contributed by atoms with Crippen LogP contribution in [-0.4, -0.2) is 24.7 Å². The second-order valence-electron chi connectivity index (χ2n) is 5.46. The standard InChI is InChI=1S/C13H17BrF2N2/c1-8-6-17-13(2,3)7-18(8)12-5-10(15)9(14)4-11(12)16/h4-5,8,17H,6-7H2,1-3H3. The molecule has 1 aromatic rings. The van der Waals surface area contributed by atoms with Gasteiger partial charge in [-0.25, -0.2) is 8.78 Å². The van der Waals surface area contributed by atoms with Gasteiger partial charge in [0.15, 0.2) is 0 Å². The van der Waals surface area contributed by atoms with E-state index < -0.39 is 11.6 Å². The van der Waals surface area contributed by atoms with Crippen LogP contribution in [0.25, 0.3) is 0 Å². The first-order valence-corrected chi connectivity index (χ1v) is 6.76. The minimum atomic E-state index is -0.435. The predicted molar refractivity (Wildman–Crippen MR) is 72.9 cm³/mol. The normalized spacial score (nSPS) is 23.2. The van der Waals surface area contributed by atoms with Gasteiger partial charge >= 0.3 is 0 Å². The number of rotatable bonds is 1. The van der Waals surface area contributed by atoms with E-state index in [1.165, 1.54) is 12.1 Å². The summed E-state index contributed by atoms with van der Waals surface area (Å²) in [5.41, 5.74) is 0.223. The lowest BCUT2D eigenvalue weighted by molar-refractivity contribution is 0.316. The third-order valence-corrected chi connectivity index (χ3v) is 3.88. The molecule has 1 aliphatic rings. The van der Waals surface area contributed by atoms with E-state index in [0.717, 1.165) is 6.54 Å². The van der Waals surface area contributed by atoms with Gasteiger partial charge in [-0.2, -0.15) is 0 Å². The van der Waals surface area contributed by atoms with Crippen molar-refractivity contribution in [3.8, 4) is 0 Å². The third-order valence-electron chi connectivity index (χ3n) is 3.27. The van der Waals surface area contributed by atoms with Crippen molar-refractivity contribution in [3.63, 3.8) is 0 Å². The van der Waals surface area contributed by atoms with Crippen molar-refractivity contribution in [1.82, 2.24) is 5.32 Å². The Hall–Kier alpha value is -0.680. The van der Waals surface area contributed by atoms with Crippen LogP contribution < -0.4 is 10.2 Å². The van der Waals surface area contributed by atoms with Crippen LogP contribution >= 0.6 is 15.9 Å². The fourth-order valence-electron chi connectivity index (χ4n) is 2.23. The smallest absolute Gasteiger partial charge is 0.147 e. The van der Waals surface area contributed by atoms with Crippen molar-refractivity contribution in [2.45, 2.75) is 32.4 Å². The number of anilines is 1. The highest BCUT2D eigenvalue weighted by Gasteiger charge is 2.31. The Morgan fingerprint density at radius 1 is 1.33 bits per heavy atom. The Labute approximate surface area is 114 Å². The summed E-state index contributed by atoms with van der Waals surface area (Å²) in [6, 6.07) is 2.58. The van der Waals surface area contributed by atoms with E-state index in [-0.39, 0.29) is 16.1 Å². The summed E-state index contributed by atoms with van der Waals surface area (Å²) in [4.78, 5) is 1.92. The summed E-state index contributed by atoms with van der Waals surface area (Å²) < 4.78 is 27.7. The van der Waals surface area contributed by atoms with E-state index >= 15 is 0 Å². The summed E-state index contributed by atoms with van der Waals surface area (Å²) in [5.74, 6) is -0.831. The zero-order chi connectivity index (χ0) is 13.5. The fraction of sp³-hybridized carbons (Fsp3) is 0.538. The van der Waals surface area contributed by atoms with Crippen molar-refractivity contribution >= 4 is 21.6 Å². The molecule has 1 atom stereocenters. The van der Waals surface area contributed by atoms with Gasteiger partial charge in [0.05, 0.1) is 10.2 Å². The molecule has 0 aliphatic carbocycles. The topological polar surface area (TPSA) is 15.3 Å². The van der Waals surface area contributed by atoms with Gasteiger partial charge in [-0.05, 0) is 42.8 Å². The molecule has 1 heterocycles. The summed E-state index contributed by atoms with van der Waals surface area (Å²) >= 11 is 3.00. The number of nitrogens with one attached hydrogen (secondary N) is 1. The molecule has 2 nitrogen and oxygen atoms in total. The molecule has 1 saturated heterocycles. The zero-order valence-corrected chi connectivity index (χ0v) is 12.3. The first-order chi connectivity index (χ1) is 8.30. The largest absolute Gasteiger partial charge is 0.363 e. The SMILES string of the molecule is CC1CNC(C)(C)CN1c1cc(F)c(Br)cc1F.